The van der Waals surface area contributed by atoms with E-state index in [-0.39, 0.29) is 10.7 Å². The fourth-order valence-electron chi connectivity index (χ4n) is 2.30. The van der Waals surface area contributed by atoms with Gasteiger partial charge in [0, 0.05) is 13.1 Å². The van der Waals surface area contributed by atoms with Gasteiger partial charge in [-0.2, -0.15) is 5.11 Å². The molecule has 1 fully saturated rings. The molecule has 1 aromatic carbocycles. The lowest BCUT2D eigenvalue weighted by atomic mass is 10.3. The SMILES string of the molecule is Nc1ncnc(N2CCOCC2)c1N=Nc1ccc(S(N)(=O)=O)cc1. The van der Waals surface area contributed by atoms with Gasteiger partial charge in [-0.1, -0.05) is 0 Å². The van der Waals surface area contributed by atoms with Crippen molar-refractivity contribution < 1.29 is 13.2 Å². The van der Waals surface area contributed by atoms with E-state index in [0.717, 1.165) is 0 Å². The molecular weight excluding hydrogens is 346 g/mol. The summed E-state index contributed by atoms with van der Waals surface area (Å²) in [6.45, 7) is 2.52. The Hall–Kier alpha value is -2.63. The fourth-order valence-corrected chi connectivity index (χ4v) is 2.81. The largest absolute Gasteiger partial charge is 0.382 e. The number of hydrogen-bond donors (Lipinski definition) is 2. The van der Waals surface area contributed by atoms with Crippen molar-refractivity contribution in [2.24, 2.45) is 15.4 Å². The molecule has 0 radical (unpaired) electrons. The normalized spacial score (nSPS) is 15.6. The van der Waals surface area contributed by atoms with Crippen LogP contribution in [0.3, 0.4) is 0 Å². The number of azo groups is 1. The summed E-state index contributed by atoms with van der Waals surface area (Å²) in [6.07, 6.45) is 1.38. The highest BCUT2D eigenvalue weighted by molar-refractivity contribution is 7.89. The second-order valence-electron chi connectivity index (χ2n) is 5.27. The molecule has 25 heavy (non-hydrogen) atoms. The molecule has 3 rings (SSSR count). The van der Waals surface area contributed by atoms with Gasteiger partial charge in [-0.25, -0.2) is 23.5 Å². The first kappa shape index (κ1) is 17.2. The maximum atomic E-state index is 11.3. The van der Waals surface area contributed by atoms with Gasteiger partial charge in [0.15, 0.2) is 17.3 Å². The smallest absolute Gasteiger partial charge is 0.238 e. The third kappa shape index (κ3) is 4.07. The molecule has 0 aliphatic carbocycles. The number of nitrogens with two attached hydrogens (primary N) is 2. The molecule has 4 N–H and O–H groups in total. The third-order valence-electron chi connectivity index (χ3n) is 3.57. The van der Waals surface area contributed by atoms with E-state index < -0.39 is 10.0 Å². The van der Waals surface area contributed by atoms with Gasteiger partial charge in [-0.05, 0) is 24.3 Å². The average Bonchev–Trinajstić information content (AvgIpc) is 2.61. The number of morpholine rings is 1. The minimum atomic E-state index is -3.75. The first-order valence-electron chi connectivity index (χ1n) is 7.43. The number of rotatable bonds is 4. The Kier molecular flexibility index (Phi) is 4.88. The quantitative estimate of drug-likeness (QED) is 0.768. The zero-order valence-corrected chi connectivity index (χ0v) is 14.1. The summed E-state index contributed by atoms with van der Waals surface area (Å²) in [5.41, 5.74) is 6.72. The molecule has 2 aromatic rings. The standard InChI is InChI=1S/C14H17N7O3S/c15-13-12(14(18-9-17-13)21-5-7-24-8-6-21)20-19-10-1-3-11(4-2-10)25(16,22)23/h1-4,9H,5-8H2,(H2,15,17,18)(H2,16,22,23). The number of aromatic nitrogens is 2. The van der Waals surface area contributed by atoms with Crippen molar-refractivity contribution in [2.45, 2.75) is 4.90 Å². The Morgan fingerprint density at radius 1 is 1.08 bits per heavy atom. The highest BCUT2D eigenvalue weighted by Crippen LogP contribution is 2.32. The molecule has 10 nitrogen and oxygen atoms in total. The maximum absolute atomic E-state index is 11.3. The number of benzene rings is 1. The lowest BCUT2D eigenvalue weighted by Gasteiger charge is -2.28. The van der Waals surface area contributed by atoms with E-state index in [1.807, 2.05) is 4.90 Å². The number of anilines is 2. The Morgan fingerprint density at radius 2 is 1.76 bits per heavy atom. The molecule has 0 amide bonds. The molecule has 2 heterocycles. The van der Waals surface area contributed by atoms with Gasteiger partial charge in [-0.15, -0.1) is 5.11 Å². The molecule has 0 bridgehead atoms. The molecule has 0 atom stereocenters. The van der Waals surface area contributed by atoms with Crippen molar-refractivity contribution in [3.05, 3.63) is 30.6 Å². The zero-order chi connectivity index (χ0) is 17.9. The molecular formula is C14H17N7O3S. The summed E-state index contributed by atoms with van der Waals surface area (Å²) in [6, 6.07) is 5.71. The van der Waals surface area contributed by atoms with Crippen molar-refractivity contribution in [1.82, 2.24) is 9.97 Å². The summed E-state index contributed by atoms with van der Waals surface area (Å²) in [5, 5.41) is 13.3. The maximum Gasteiger partial charge on any atom is 0.238 e. The van der Waals surface area contributed by atoms with E-state index in [2.05, 4.69) is 20.2 Å². The van der Waals surface area contributed by atoms with Crippen molar-refractivity contribution in [1.29, 1.82) is 0 Å². The molecule has 1 aromatic heterocycles. The second-order valence-corrected chi connectivity index (χ2v) is 6.83. The predicted octanol–water partition coefficient (Wildman–Crippen LogP) is 0.958. The topological polar surface area (TPSA) is 149 Å². The van der Waals surface area contributed by atoms with E-state index in [1.165, 1.54) is 30.6 Å². The highest BCUT2D eigenvalue weighted by atomic mass is 32.2. The van der Waals surface area contributed by atoms with Crippen LogP contribution in [0.15, 0.2) is 45.7 Å². The van der Waals surface area contributed by atoms with Gasteiger partial charge in [0.05, 0.1) is 23.8 Å². The van der Waals surface area contributed by atoms with Gasteiger partial charge >= 0.3 is 0 Å². The molecule has 0 spiro atoms. The third-order valence-corrected chi connectivity index (χ3v) is 4.50. The highest BCUT2D eigenvalue weighted by Gasteiger charge is 2.18. The number of nitrogen functional groups attached to an aromatic ring is 1. The van der Waals surface area contributed by atoms with Gasteiger partial charge in [0.25, 0.3) is 0 Å². The Balaban J connectivity index is 1.88. The van der Waals surface area contributed by atoms with Crippen molar-refractivity contribution >= 4 is 33.0 Å². The Morgan fingerprint density at radius 3 is 2.40 bits per heavy atom. The Bertz CT molecular complexity index is 878. The van der Waals surface area contributed by atoms with Crippen LogP contribution in [-0.4, -0.2) is 44.7 Å². The van der Waals surface area contributed by atoms with Gasteiger partial charge in [-0.3, -0.25) is 0 Å². The minimum Gasteiger partial charge on any atom is -0.382 e. The minimum absolute atomic E-state index is 0.00279. The molecule has 132 valence electrons. The molecule has 1 aliphatic rings. The number of sulfonamides is 1. The first-order valence-corrected chi connectivity index (χ1v) is 8.97. The second kappa shape index (κ2) is 7.09. The number of primary sulfonamides is 1. The zero-order valence-electron chi connectivity index (χ0n) is 13.2. The molecule has 0 unspecified atom stereocenters. The van der Waals surface area contributed by atoms with Gasteiger partial charge in [0.1, 0.15) is 6.33 Å². The van der Waals surface area contributed by atoms with Crippen LogP contribution >= 0.6 is 0 Å². The van der Waals surface area contributed by atoms with E-state index in [0.29, 0.717) is 43.5 Å². The fraction of sp³-hybridized carbons (Fsp3) is 0.286. The monoisotopic (exact) mass is 363 g/mol. The van der Waals surface area contributed by atoms with Crippen LogP contribution < -0.4 is 15.8 Å². The summed E-state index contributed by atoms with van der Waals surface area (Å²) < 4.78 is 27.9. The summed E-state index contributed by atoms with van der Waals surface area (Å²) in [4.78, 5) is 10.2. The lowest BCUT2D eigenvalue weighted by molar-refractivity contribution is 0.122. The van der Waals surface area contributed by atoms with Crippen molar-refractivity contribution in [2.75, 3.05) is 36.9 Å². The van der Waals surface area contributed by atoms with Gasteiger partial charge < -0.3 is 15.4 Å². The van der Waals surface area contributed by atoms with Crippen LogP contribution in [0.4, 0.5) is 23.0 Å². The van der Waals surface area contributed by atoms with Crippen LogP contribution in [0, 0.1) is 0 Å². The molecule has 1 aliphatic heterocycles. The van der Waals surface area contributed by atoms with Crippen LogP contribution in [-0.2, 0) is 14.8 Å². The molecule has 1 saturated heterocycles. The number of hydrogen-bond acceptors (Lipinski definition) is 9. The van der Waals surface area contributed by atoms with E-state index >= 15 is 0 Å². The van der Waals surface area contributed by atoms with Crippen molar-refractivity contribution in [3.63, 3.8) is 0 Å². The van der Waals surface area contributed by atoms with Crippen LogP contribution in [0.1, 0.15) is 0 Å². The van der Waals surface area contributed by atoms with Crippen LogP contribution in [0.5, 0.6) is 0 Å². The van der Waals surface area contributed by atoms with E-state index in [9.17, 15) is 8.42 Å². The van der Waals surface area contributed by atoms with Crippen LogP contribution in [0.2, 0.25) is 0 Å². The van der Waals surface area contributed by atoms with E-state index in [1.54, 1.807) is 0 Å². The summed E-state index contributed by atoms with van der Waals surface area (Å²) >= 11 is 0. The Labute approximate surface area is 144 Å². The number of ether oxygens (including phenoxy) is 1. The summed E-state index contributed by atoms with van der Waals surface area (Å²) in [5.74, 6) is 0.794. The molecule has 11 heteroatoms. The first-order chi connectivity index (χ1) is 11.9. The van der Waals surface area contributed by atoms with E-state index in [4.69, 9.17) is 15.6 Å². The predicted molar refractivity (Wildman–Crippen MR) is 91.5 cm³/mol. The summed E-state index contributed by atoms with van der Waals surface area (Å²) in [7, 11) is -3.75. The molecule has 0 saturated carbocycles. The lowest BCUT2D eigenvalue weighted by Crippen LogP contribution is -2.36. The van der Waals surface area contributed by atoms with Gasteiger partial charge in [0.2, 0.25) is 10.0 Å². The average molecular weight is 363 g/mol. The van der Waals surface area contributed by atoms with Crippen molar-refractivity contribution in [3.8, 4) is 0 Å². The number of nitrogens with zero attached hydrogens (tertiary/aromatic N) is 5. The van der Waals surface area contributed by atoms with Crippen LogP contribution in [0.25, 0.3) is 0 Å².